The molecule has 0 fully saturated rings. The fourth-order valence-electron chi connectivity index (χ4n) is 1.69. The molecule has 0 rings (SSSR count). The summed E-state index contributed by atoms with van der Waals surface area (Å²) >= 11 is 0. The van der Waals surface area contributed by atoms with Gasteiger partial charge in [0.1, 0.15) is 6.10 Å². The maximum absolute atomic E-state index is 13.5. The number of rotatable bonds is 11. The molecule has 19 heteroatoms. The normalized spacial score (nSPS) is 16.1. The van der Waals surface area contributed by atoms with Gasteiger partial charge < -0.3 is 9.47 Å². The van der Waals surface area contributed by atoms with E-state index in [-0.39, 0.29) is 6.42 Å². The SMILES string of the molecule is CCC(C)OC(=O)OCC(F)(F)C(F)(F)C(F)(F)C(F)(F)C(F)(F)C(F)(F)C(F)(F)C(F)F. The Morgan fingerprint density at radius 3 is 1.42 bits per heavy atom. The molecule has 0 N–H and O–H groups in total. The summed E-state index contributed by atoms with van der Waals surface area (Å²) in [6.07, 6.45) is -9.36. The number of carbonyl (C=O) groups excluding carboxylic acids is 1. The highest BCUT2D eigenvalue weighted by atomic mass is 19.4. The molecule has 0 amide bonds. The van der Waals surface area contributed by atoms with Gasteiger partial charge in [-0.3, -0.25) is 0 Å². The fraction of sp³-hybridized carbons (Fsp3) is 0.929. The van der Waals surface area contributed by atoms with E-state index in [1.54, 1.807) is 0 Å². The third-order valence-corrected chi connectivity index (χ3v) is 3.97. The molecule has 3 nitrogen and oxygen atoms in total. The standard InChI is InChI=1S/C14H12F16O3/c1-3-5(2)33-7(31)32-4-8(17,18)10(21,22)12(25,26)14(29,30)13(27,28)11(23,24)9(19,20)6(15)16/h5-6H,3-4H2,1-2H3. The van der Waals surface area contributed by atoms with Crippen molar-refractivity contribution in [2.24, 2.45) is 0 Å². The van der Waals surface area contributed by atoms with Gasteiger partial charge in [0.05, 0.1) is 0 Å². The fourth-order valence-corrected chi connectivity index (χ4v) is 1.69. The van der Waals surface area contributed by atoms with Gasteiger partial charge in [-0.15, -0.1) is 0 Å². The van der Waals surface area contributed by atoms with Crippen molar-refractivity contribution in [1.29, 1.82) is 0 Å². The zero-order valence-corrected chi connectivity index (χ0v) is 15.8. The lowest BCUT2D eigenvalue weighted by atomic mass is 9.89. The molecule has 1 unspecified atom stereocenters. The van der Waals surface area contributed by atoms with Crippen molar-refractivity contribution in [1.82, 2.24) is 0 Å². The average Bonchev–Trinajstić information content (AvgIpc) is 2.65. The molecule has 0 spiro atoms. The Kier molecular flexibility index (Phi) is 8.56. The number of carbonyl (C=O) groups is 1. The average molecular weight is 532 g/mol. The molecule has 0 aromatic heterocycles. The Morgan fingerprint density at radius 2 is 1.06 bits per heavy atom. The van der Waals surface area contributed by atoms with Crippen LogP contribution in [0.3, 0.4) is 0 Å². The van der Waals surface area contributed by atoms with Crippen LogP contribution < -0.4 is 0 Å². The van der Waals surface area contributed by atoms with E-state index in [0.717, 1.165) is 6.92 Å². The molecule has 198 valence electrons. The zero-order chi connectivity index (χ0) is 27.1. The van der Waals surface area contributed by atoms with Crippen LogP contribution in [0, 0.1) is 0 Å². The molecule has 0 aromatic carbocycles. The first-order valence-corrected chi connectivity index (χ1v) is 8.05. The molecule has 0 aliphatic heterocycles. The molecule has 0 saturated carbocycles. The number of alkyl halides is 16. The van der Waals surface area contributed by atoms with E-state index in [1.807, 2.05) is 0 Å². The molecule has 0 heterocycles. The van der Waals surface area contributed by atoms with E-state index in [1.165, 1.54) is 6.92 Å². The van der Waals surface area contributed by atoms with Crippen LogP contribution >= 0.6 is 0 Å². The first-order chi connectivity index (χ1) is 14.3. The van der Waals surface area contributed by atoms with Crippen LogP contribution in [0.4, 0.5) is 75.0 Å². The highest BCUT2D eigenvalue weighted by Crippen LogP contribution is 2.62. The summed E-state index contributed by atoms with van der Waals surface area (Å²) in [5.74, 6) is -55.4. The van der Waals surface area contributed by atoms with E-state index in [2.05, 4.69) is 9.47 Å². The molecule has 0 aliphatic carbocycles. The van der Waals surface area contributed by atoms with Crippen molar-refractivity contribution in [3.8, 4) is 0 Å². The van der Waals surface area contributed by atoms with Crippen LogP contribution in [-0.4, -0.2) is 66.7 Å². The van der Waals surface area contributed by atoms with Gasteiger partial charge in [0, 0.05) is 0 Å². The molecule has 0 saturated heterocycles. The van der Waals surface area contributed by atoms with Gasteiger partial charge in [0.15, 0.2) is 6.61 Å². The van der Waals surface area contributed by atoms with Crippen molar-refractivity contribution < 1.29 is 84.5 Å². The molecule has 0 bridgehead atoms. The highest BCUT2D eigenvalue weighted by Gasteiger charge is 2.93. The Morgan fingerprint density at radius 1 is 0.697 bits per heavy atom. The van der Waals surface area contributed by atoms with E-state index in [9.17, 15) is 75.0 Å². The van der Waals surface area contributed by atoms with E-state index < -0.39 is 66.7 Å². The van der Waals surface area contributed by atoms with E-state index >= 15 is 0 Å². The second kappa shape index (κ2) is 9.07. The highest BCUT2D eigenvalue weighted by molar-refractivity contribution is 5.60. The molecular formula is C14H12F16O3. The Labute approximate surface area is 173 Å². The zero-order valence-electron chi connectivity index (χ0n) is 15.8. The van der Waals surface area contributed by atoms with E-state index in [0.29, 0.717) is 0 Å². The molecule has 0 aliphatic rings. The lowest BCUT2D eigenvalue weighted by Gasteiger charge is -2.42. The van der Waals surface area contributed by atoms with Crippen molar-refractivity contribution in [3.63, 3.8) is 0 Å². The smallest absolute Gasteiger partial charge is 0.431 e. The van der Waals surface area contributed by atoms with Gasteiger partial charge in [-0.25, -0.2) is 13.6 Å². The van der Waals surface area contributed by atoms with Crippen molar-refractivity contribution in [2.75, 3.05) is 6.61 Å². The van der Waals surface area contributed by atoms with Gasteiger partial charge >= 0.3 is 54.0 Å². The van der Waals surface area contributed by atoms with Gasteiger partial charge in [-0.2, -0.15) is 61.5 Å². The lowest BCUT2D eigenvalue weighted by Crippen LogP contribution is -2.74. The first kappa shape index (κ1) is 31.1. The molecule has 1 atom stereocenters. The van der Waals surface area contributed by atoms with Gasteiger partial charge in [-0.1, -0.05) is 6.92 Å². The molecular weight excluding hydrogens is 520 g/mol. The molecule has 33 heavy (non-hydrogen) atoms. The third kappa shape index (κ3) is 4.85. The minimum Gasteiger partial charge on any atom is -0.431 e. The van der Waals surface area contributed by atoms with Crippen LogP contribution in [0.15, 0.2) is 0 Å². The summed E-state index contributed by atoms with van der Waals surface area (Å²) < 4.78 is 217. The van der Waals surface area contributed by atoms with Gasteiger partial charge in [0.2, 0.25) is 0 Å². The van der Waals surface area contributed by atoms with Gasteiger partial charge in [-0.05, 0) is 13.3 Å². The van der Waals surface area contributed by atoms with Crippen molar-refractivity contribution in [2.45, 2.75) is 74.3 Å². The van der Waals surface area contributed by atoms with Crippen molar-refractivity contribution >= 4 is 6.16 Å². The Balaban J connectivity index is 6.22. The predicted octanol–water partition coefficient (Wildman–Crippen LogP) is 6.65. The predicted molar refractivity (Wildman–Crippen MR) is 72.8 cm³/mol. The number of halogens is 16. The summed E-state index contributed by atoms with van der Waals surface area (Å²) in [4.78, 5) is 11.0. The summed E-state index contributed by atoms with van der Waals surface area (Å²) in [5, 5.41) is 0. The second-order valence-electron chi connectivity index (χ2n) is 6.38. The first-order valence-electron chi connectivity index (χ1n) is 8.05. The third-order valence-electron chi connectivity index (χ3n) is 3.97. The Bertz CT molecular complexity index is 690. The van der Waals surface area contributed by atoms with Crippen LogP contribution in [0.5, 0.6) is 0 Å². The summed E-state index contributed by atoms with van der Waals surface area (Å²) in [5.41, 5.74) is 0. The van der Waals surface area contributed by atoms with Crippen LogP contribution in [-0.2, 0) is 9.47 Å². The minimum absolute atomic E-state index is 0.0432. The quantitative estimate of drug-likeness (QED) is 0.221. The summed E-state index contributed by atoms with van der Waals surface area (Å²) in [7, 11) is 0. The van der Waals surface area contributed by atoms with Crippen LogP contribution in [0.1, 0.15) is 20.3 Å². The largest absolute Gasteiger partial charge is 0.508 e. The number of ether oxygens (including phenoxy) is 2. The molecule has 0 radical (unpaired) electrons. The summed E-state index contributed by atoms with van der Waals surface area (Å²) in [6, 6.07) is 0. The number of hydrogen-bond acceptors (Lipinski definition) is 3. The maximum atomic E-state index is 13.5. The topological polar surface area (TPSA) is 35.5 Å². The van der Waals surface area contributed by atoms with Gasteiger partial charge in [0.25, 0.3) is 0 Å². The monoisotopic (exact) mass is 532 g/mol. The summed E-state index contributed by atoms with van der Waals surface area (Å²) in [6.45, 7) is -0.882. The second-order valence-corrected chi connectivity index (χ2v) is 6.38. The van der Waals surface area contributed by atoms with Crippen molar-refractivity contribution in [3.05, 3.63) is 0 Å². The molecule has 0 aromatic rings. The van der Waals surface area contributed by atoms with Crippen LogP contribution in [0.2, 0.25) is 0 Å². The lowest BCUT2D eigenvalue weighted by molar-refractivity contribution is -0.447. The van der Waals surface area contributed by atoms with Crippen LogP contribution in [0.25, 0.3) is 0 Å². The minimum atomic E-state index is -8.49. The Hall–Kier alpha value is -1.85. The maximum Gasteiger partial charge on any atom is 0.508 e. The number of hydrogen-bond donors (Lipinski definition) is 0. The van der Waals surface area contributed by atoms with E-state index in [4.69, 9.17) is 0 Å².